The third-order valence-corrected chi connectivity index (χ3v) is 6.12. The molecule has 0 atom stereocenters. The van der Waals surface area contributed by atoms with Crippen LogP contribution in [0.1, 0.15) is 43.9 Å². The van der Waals surface area contributed by atoms with Crippen molar-refractivity contribution in [2.75, 3.05) is 5.32 Å². The van der Waals surface area contributed by atoms with Crippen molar-refractivity contribution >= 4 is 51.4 Å². The summed E-state index contributed by atoms with van der Waals surface area (Å²) in [6.45, 7) is 8.70. The molecule has 0 aliphatic rings. The number of amides is 1. The summed E-state index contributed by atoms with van der Waals surface area (Å²) in [5, 5.41) is 3.96. The van der Waals surface area contributed by atoms with E-state index in [4.69, 9.17) is 21.3 Å². The van der Waals surface area contributed by atoms with Crippen molar-refractivity contribution in [3.05, 3.63) is 71.3 Å². The Bertz CT molecular complexity index is 1740. The van der Waals surface area contributed by atoms with Crippen molar-refractivity contribution in [3.63, 3.8) is 0 Å². The minimum atomic E-state index is -0.666. The highest BCUT2D eigenvalue weighted by Crippen LogP contribution is 2.33. The van der Waals surface area contributed by atoms with E-state index in [1.165, 1.54) is 13.1 Å². The van der Waals surface area contributed by atoms with Gasteiger partial charge in [-0.1, -0.05) is 23.7 Å². The summed E-state index contributed by atoms with van der Waals surface area (Å²) in [5.74, 6) is 0.646. The van der Waals surface area contributed by atoms with Gasteiger partial charge in [0.15, 0.2) is 5.78 Å². The number of ether oxygens (including phenoxy) is 1. The van der Waals surface area contributed by atoms with Crippen LogP contribution in [0.5, 0.6) is 0 Å². The van der Waals surface area contributed by atoms with Crippen molar-refractivity contribution in [1.82, 2.24) is 24.5 Å². The molecule has 0 unspecified atom stereocenters. The number of hydrogen-bond acceptors (Lipinski definition) is 7. The van der Waals surface area contributed by atoms with Gasteiger partial charge in [0, 0.05) is 28.9 Å². The van der Waals surface area contributed by atoms with E-state index in [1.54, 1.807) is 45.2 Å². The molecule has 0 radical (unpaired) electrons. The van der Waals surface area contributed by atoms with Crippen LogP contribution < -0.4 is 5.32 Å². The number of aryl methyl sites for hydroxylation is 1. The highest BCUT2D eigenvalue weighted by molar-refractivity contribution is 6.35. The van der Waals surface area contributed by atoms with Gasteiger partial charge in [-0.25, -0.2) is 19.7 Å². The molecule has 3 heterocycles. The molecular formula is C28H25ClN6O3. The van der Waals surface area contributed by atoms with E-state index in [0.717, 1.165) is 16.6 Å². The number of aromatic nitrogens is 5. The molecule has 9 nitrogen and oxygen atoms in total. The number of para-hydroxylation sites is 1. The smallest absolute Gasteiger partial charge is 0.414 e. The third-order valence-electron chi connectivity index (χ3n) is 5.81. The van der Waals surface area contributed by atoms with Gasteiger partial charge in [-0.3, -0.25) is 19.7 Å². The van der Waals surface area contributed by atoms with E-state index in [0.29, 0.717) is 38.7 Å². The maximum absolute atomic E-state index is 12.7. The second-order valence-corrected chi connectivity index (χ2v) is 10.2. The predicted octanol–water partition coefficient (Wildman–Crippen LogP) is 6.54. The van der Waals surface area contributed by atoms with Crippen LogP contribution in [0.25, 0.3) is 38.9 Å². The van der Waals surface area contributed by atoms with Gasteiger partial charge < -0.3 is 4.74 Å². The minimum absolute atomic E-state index is 0.0840. The first-order valence-electron chi connectivity index (χ1n) is 11.9. The van der Waals surface area contributed by atoms with Gasteiger partial charge in [0.25, 0.3) is 0 Å². The lowest BCUT2D eigenvalue weighted by Crippen LogP contribution is -2.27. The summed E-state index contributed by atoms with van der Waals surface area (Å²) in [7, 11) is 0. The lowest BCUT2D eigenvalue weighted by molar-refractivity contribution is 0.0634. The van der Waals surface area contributed by atoms with E-state index in [1.807, 2.05) is 35.8 Å². The Morgan fingerprint density at radius 3 is 2.50 bits per heavy atom. The number of benzene rings is 2. The number of nitrogens with zero attached hydrogens (tertiary/aromatic N) is 5. The lowest BCUT2D eigenvalue weighted by atomic mass is 10.0. The van der Waals surface area contributed by atoms with Crippen LogP contribution >= 0.6 is 11.6 Å². The molecule has 38 heavy (non-hydrogen) atoms. The average molecular weight is 529 g/mol. The summed E-state index contributed by atoms with van der Waals surface area (Å²) in [5.41, 5.74) is 3.77. The maximum atomic E-state index is 12.7. The van der Waals surface area contributed by atoms with Crippen molar-refractivity contribution < 1.29 is 14.3 Å². The molecule has 0 saturated heterocycles. The number of halogens is 1. The molecule has 10 heteroatoms. The largest absolute Gasteiger partial charge is 0.444 e. The molecule has 0 saturated carbocycles. The summed E-state index contributed by atoms with van der Waals surface area (Å²) in [6.07, 6.45) is 2.57. The highest BCUT2D eigenvalue weighted by atomic mass is 35.5. The number of carbonyl (C=O) groups is 2. The number of rotatable bonds is 4. The topological polar surface area (TPSA) is 112 Å². The number of ketones is 1. The Morgan fingerprint density at radius 2 is 1.76 bits per heavy atom. The first-order chi connectivity index (χ1) is 18.0. The first kappa shape index (κ1) is 25.3. The molecule has 0 aliphatic carbocycles. The summed E-state index contributed by atoms with van der Waals surface area (Å²) < 4.78 is 7.28. The van der Waals surface area contributed by atoms with Crippen molar-refractivity contribution in [1.29, 1.82) is 0 Å². The quantitative estimate of drug-likeness (QED) is 0.263. The van der Waals surface area contributed by atoms with E-state index < -0.39 is 11.7 Å². The van der Waals surface area contributed by atoms with E-state index in [9.17, 15) is 9.59 Å². The molecule has 192 valence electrons. The molecule has 1 amide bonds. The summed E-state index contributed by atoms with van der Waals surface area (Å²) in [4.78, 5) is 42.8. The third kappa shape index (κ3) is 4.80. The normalized spacial score (nSPS) is 11.6. The zero-order valence-electron chi connectivity index (χ0n) is 21.5. The lowest BCUT2D eigenvalue weighted by Gasteiger charge is -2.19. The van der Waals surface area contributed by atoms with E-state index in [2.05, 4.69) is 20.3 Å². The zero-order valence-corrected chi connectivity index (χ0v) is 22.3. The van der Waals surface area contributed by atoms with Crippen LogP contribution in [0.2, 0.25) is 5.02 Å². The predicted molar refractivity (Wildman–Crippen MR) is 147 cm³/mol. The zero-order chi connectivity index (χ0) is 27.2. The number of carbonyl (C=O) groups excluding carboxylic acids is 2. The fraction of sp³-hybridized carbons (Fsp3) is 0.214. The van der Waals surface area contributed by atoms with Crippen molar-refractivity contribution in [3.8, 4) is 16.9 Å². The number of imidazole rings is 1. The number of nitrogens with one attached hydrogen (secondary N) is 1. The molecule has 5 rings (SSSR count). The highest BCUT2D eigenvalue weighted by Gasteiger charge is 2.20. The number of fused-ring (bicyclic) bond motifs is 2. The van der Waals surface area contributed by atoms with Gasteiger partial charge in [-0.2, -0.15) is 0 Å². The standard InChI is InChI=1S/C28H25ClN6O3/c1-15(36)19-13-17(21-9-11-31-26(33-21)34-27(37)38-28(3,4)5)14-23-25(19)32-16(2)35(23)22-10-12-30-24-18(22)7-6-8-20(24)29/h6-14H,1-5H3,(H,31,33,34,37). The Balaban J connectivity index is 1.68. The SMILES string of the molecule is CC(=O)c1cc(-c2ccnc(NC(=O)OC(C)(C)C)n2)cc2c1nc(C)n2-c1ccnc2c(Cl)cccc12. The summed E-state index contributed by atoms with van der Waals surface area (Å²) >= 11 is 6.42. The molecule has 0 aliphatic heterocycles. The molecule has 1 N–H and O–H groups in total. The molecule has 0 spiro atoms. The molecule has 5 aromatic rings. The van der Waals surface area contributed by atoms with Crippen LogP contribution in [0, 0.1) is 6.92 Å². The number of anilines is 1. The second-order valence-electron chi connectivity index (χ2n) is 9.80. The van der Waals surface area contributed by atoms with Gasteiger partial charge in [-0.15, -0.1) is 0 Å². The second kappa shape index (κ2) is 9.50. The summed E-state index contributed by atoms with van der Waals surface area (Å²) in [6, 6.07) is 12.9. The first-order valence-corrected chi connectivity index (χ1v) is 12.3. The number of Topliss-reactive ketones (excluding diaryl/α,β-unsaturated/α-hetero) is 1. The van der Waals surface area contributed by atoms with Crippen LogP contribution in [0.15, 0.2) is 54.9 Å². The fourth-order valence-corrected chi connectivity index (χ4v) is 4.53. The minimum Gasteiger partial charge on any atom is -0.444 e. The van der Waals surface area contributed by atoms with Crippen molar-refractivity contribution in [2.45, 2.75) is 40.2 Å². The average Bonchev–Trinajstić information content (AvgIpc) is 3.17. The van der Waals surface area contributed by atoms with Crippen LogP contribution in [0.4, 0.5) is 10.7 Å². The Morgan fingerprint density at radius 1 is 1.00 bits per heavy atom. The Labute approximate surface area is 223 Å². The fourth-order valence-electron chi connectivity index (χ4n) is 4.31. The number of hydrogen-bond donors (Lipinski definition) is 1. The van der Waals surface area contributed by atoms with E-state index >= 15 is 0 Å². The van der Waals surface area contributed by atoms with Gasteiger partial charge in [0.2, 0.25) is 5.95 Å². The van der Waals surface area contributed by atoms with Gasteiger partial charge in [0.1, 0.15) is 11.4 Å². The van der Waals surface area contributed by atoms with Gasteiger partial charge >= 0.3 is 6.09 Å². The monoisotopic (exact) mass is 528 g/mol. The molecule has 2 aromatic carbocycles. The van der Waals surface area contributed by atoms with Gasteiger partial charge in [-0.05, 0) is 65.0 Å². The van der Waals surface area contributed by atoms with Crippen molar-refractivity contribution in [2.24, 2.45) is 0 Å². The van der Waals surface area contributed by atoms with E-state index in [-0.39, 0.29) is 11.7 Å². The molecular weight excluding hydrogens is 504 g/mol. The molecule has 0 bridgehead atoms. The van der Waals surface area contributed by atoms with Crippen LogP contribution in [0.3, 0.4) is 0 Å². The molecule has 0 fully saturated rings. The Kier molecular flexibility index (Phi) is 6.32. The number of pyridine rings is 1. The maximum Gasteiger partial charge on any atom is 0.414 e. The molecule has 3 aromatic heterocycles. The van der Waals surface area contributed by atoms with Crippen LogP contribution in [-0.2, 0) is 4.74 Å². The van der Waals surface area contributed by atoms with Gasteiger partial charge in [0.05, 0.1) is 33.0 Å². The Hall–Kier alpha value is -4.37. The van der Waals surface area contributed by atoms with Crippen LogP contribution in [-0.4, -0.2) is 42.0 Å².